The summed E-state index contributed by atoms with van der Waals surface area (Å²) in [7, 11) is 0. The fourth-order valence-corrected chi connectivity index (χ4v) is 2.23. The number of rotatable bonds is 2. The second-order valence-electron chi connectivity index (χ2n) is 4.50. The van der Waals surface area contributed by atoms with E-state index >= 15 is 0 Å². The number of nitrogens with one attached hydrogen (secondary N) is 1. The lowest BCUT2D eigenvalue weighted by Gasteiger charge is -2.05. The van der Waals surface area contributed by atoms with E-state index in [9.17, 15) is 4.79 Å². The van der Waals surface area contributed by atoms with E-state index in [1.807, 2.05) is 54.6 Å². The molecule has 19 heavy (non-hydrogen) atoms. The molecule has 0 spiro atoms. The van der Waals surface area contributed by atoms with Gasteiger partial charge in [-0.2, -0.15) is 0 Å². The molecule has 0 amide bonds. The minimum Gasteiger partial charge on any atom is -0.326 e. The van der Waals surface area contributed by atoms with Crippen molar-refractivity contribution in [2.24, 2.45) is 5.73 Å². The van der Waals surface area contributed by atoms with Crippen LogP contribution in [0.15, 0.2) is 59.4 Å². The molecular weight excluding hydrogens is 236 g/mol. The molecule has 94 valence electrons. The van der Waals surface area contributed by atoms with Crippen molar-refractivity contribution in [2.75, 3.05) is 0 Å². The fraction of sp³-hybridized carbons (Fsp3) is 0.0625. The van der Waals surface area contributed by atoms with E-state index < -0.39 is 0 Å². The van der Waals surface area contributed by atoms with Crippen molar-refractivity contribution in [2.45, 2.75) is 6.54 Å². The first-order valence-electron chi connectivity index (χ1n) is 6.19. The van der Waals surface area contributed by atoms with Crippen LogP contribution in [0, 0.1) is 0 Å². The van der Waals surface area contributed by atoms with Crippen LogP contribution < -0.4 is 11.3 Å². The molecule has 0 atom stereocenters. The highest BCUT2D eigenvalue weighted by Crippen LogP contribution is 2.20. The number of aromatic amines is 1. The summed E-state index contributed by atoms with van der Waals surface area (Å²) in [6.45, 7) is 0.472. The minimum atomic E-state index is -0.0760. The second kappa shape index (κ2) is 4.71. The zero-order valence-electron chi connectivity index (χ0n) is 10.4. The highest BCUT2D eigenvalue weighted by Gasteiger charge is 2.05. The van der Waals surface area contributed by atoms with E-state index in [2.05, 4.69) is 4.98 Å². The number of aromatic nitrogens is 1. The molecule has 3 rings (SSSR count). The SMILES string of the molecule is NCc1cccc(-c2cc3ccccc3[nH]c2=O)c1. The Hall–Kier alpha value is -2.39. The van der Waals surface area contributed by atoms with Crippen molar-refractivity contribution in [3.8, 4) is 11.1 Å². The number of nitrogens with two attached hydrogens (primary N) is 1. The van der Waals surface area contributed by atoms with Crippen LogP contribution in [0.25, 0.3) is 22.0 Å². The average molecular weight is 250 g/mol. The molecule has 2 aromatic carbocycles. The lowest BCUT2D eigenvalue weighted by molar-refractivity contribution is 1.07. The molecule has 0 aliphatic heterocycles. The third-order valence-electron chi connectivity index (χ3n) is 3.23. The summed E-state index contributed by atoms with van der Waals surface area (Å²) in [5, 5.41) is 1.02. The van der Waals surface area contributed by atoms with Gasteiger partial charge in [-0.15, -0.1) is 0 Å². The molecule has 1 aromatic heterocycles. The Kier molecular flexibility index (Phi) is 2.89. The van der Waals surface area contributed by atoms with Crippen LogP contribution in [-0.2, 0) is 6.54 Å². The molecule has 0 saturated carbocycles. The first kappa shape index (κ1) is 11.7. The molecule has 3 nitrogen and oxygen atoms in total. The van der Waals surface area contributed by atoms with Gasteiger partial charge in [-0.3, -0.25) is 4.79 Å². The summed E-state index contributed by atoms with van der Waals surface area (Å²) < 4.78 is 0. The quantitative estimate of drug-likeness (QED) is 0.734. The van der Waals surface area contributed by atoms with Gasteiger partial charge >= 0.3 is 0 Å². The molecule has 3 aromatic rings. The van der Waals surface area contributed by atoms with Crippen molar-refractivity contribution in [1.29, 1.82) is 0 Å². The maximum Gasteiger partial charge on any atom is 0.256 e. The number of fused-ring (bicyclic) bond motifs is 1. The third-order valence-corrected chi connectivity index (χ3v) is 3.23. The first-order valence-corrected chi connectivity index (χ1v) is 6.19. The van der Waals surface area contributed by atoms with Crippen molar-refractivity contribution in [3.63, 3.8) is 0 Å². The van der Waals surface area contributed by atoms with Crippen molar-refractivity contribution < 1.29 is 0 Å². The maximum absolute atomic E-state index is 12.1. The number of hydrogen-bond acceptors (Lipinski definition) is 2. The molecular formula is C16H14N2O. The first-order chi connectivity index (χ1) is 9.28. The molecule has 0 unspecified atom stereocenters. The lowest BCUT2D eigenvalue weighted by atomic mass is 10.0. The van der Waals surface area contributed by atoms with Crippen LogP contribution in [0.2, 0.25) is 0 Å². The van der Waals surface area contributed by atoms with E-state index in [1.165, 1.54) is 0 Å². The standard InChI is InChI=1S/C16H14N2O/c17-10-11-4-3-6-12(8-11)14-9-13-5-1-2-7-15(13)18-16(14)19/h1-9H,10,17H2,(H,18,19). The Morgan fingerprint density at radius 2 is 1.84 bits per heavy atom. The molecule has 0 radical (unpaired) electrons. The van der Waals surface area contributed by atoms with E-state index in [4.69, 9.17) is 5.73 Å². The van der Waals surface area contributed by atoms with Crippen LogP contribution in [0.3, 0.4) is 0 Å². The Bertz CT molecular complexity index is 790. The van der Waals surface area contributed by atoms with Crippen molar-refractivity contribution in [3.05, 3.63) is 70.5 Å². The van der Waals surface area contributed by atoms with Crippen LogP contribution in [0.4, 0.5) is 0 Å². The Morgan fingerprint density at radius 1 is 1.00 bits per heavy atom. The molecule has 0 aliphatic rings. The second-order valence-corrected chi connectivity index (χ2v) is 4.50. The summed E-state index contributed by atoms with van der Waals surface area (Å²) in [5.74, 6) is 0. The molecule has 3 heteroatoms. The zero-order valence-corrected chi connectivity index (χ0v) is 10.4. The number of para-hydroxylation sites is 1. The highest BCUT2D eigenvalue weighted by atomic mass is 16.1. The minimum absolute atomic E-state index is 0.0760. The summed E-state index contributed by atoms with van der Waals surface area (Å²) in [4.78, 5) is 15.1. The normalized spacial score (nSPS) is 10.8. The average Bonchev–Trinajstić information content (AvgIpc) is 2.46. The summed E-state index contributed by atoms with van der Waals surface area (Å²) >= 11 is 0. The highest BCUT2D eigenvalue weighted by molar-refractivity contribution is 5.83. The van der Waals surface area contributed by atoms with Crippen LogP contribution in [0.5, 0.6) is 0 Å². The third kappa shape index (κ3) is 2.16. The van der Waals surface area contributed by atoms with Gasteiger partial charge in [0.1, 0.15) is 0 Å². The fourth-order valence-electron chi connectivity index (χ4n) is 2.23. The van der Waals surface area contributed by atoms with Gasteiger partial charge in [-0.1, -0.05) is 36.4 Å². The van der Waals surface area contributed by atoms with Crippen LogP contribution in [-0.4, -0.2) is 4.98 Å². The van der Waals surface area contributed by atoms with Gasteiger partial charge in [0, 0.05) is 17.6 Å². The van der Waals surface area contributed by atoms with Gasteiger partial charge in [0.25, 0.3) is 5.56 Å². The van der Waals surface area contributed by atoms with E-state index in [1.54, 1.807) is 0 Å². The van der Waals surface area contributed by atoms with Crippen LogP contribution in [0.1, 0.15) is 5.56 Å². The largest absolute Gasteiger partial charge is 0.326 e. The Labute approximate surface area is 110 Å². The molecule has 0 bridgehead atoms. The number of hydrogen-bond donors (Lipinski definition) is 2. The summed E-state index contributed by atoms with van der Waals surface area (Å²) in [5.41, 5.74) is 9.01. The number of H-pyrrole nitrogens is 1. The Balaban J connectivity index is 2.24. The molecule has 3 N–H and O–H groups in total. The van der Waals surface area contributed by atoms with Crippen molar-refractivity contribution in [1.82, 2.24) is 4.98 Å². The van der Waals surface area contributed by atoms with Gasteiger partial charge in [-0.25, -0.2) is 0 Å². The van der Waals surface area contributed by atoms with E-state index in [0.29, 0.717) is 12.1 Å². The van der Waals surface area contributed by atoms with E-state index in [-0.39, 0.29) is 5.56 Å². The van der Waals surface area contributed by atoms with Crippen LogP contribution >= 0.6 is 0 Å². The van der Waals surface area contributed by atoms with Gasteiger partial charge in [0.15, 0.2) is 0 Å². The smallest absolute Gasteiger partial charge is 0.256 e. The van der Waals surface area contributed by atoms with Crippen molar-refractivity contribution >= 4 is 10.9 Å². The topological polar surface area (TPSA) is 58.9 Å². The predicted octanol–water partition coefficient (Wildman–Crippen LogP) is 2.65. The monoisotopic (exact) mass is 250 g/mol. The maximum atomic E-state index is 12.1. The zero-order chi connectivity index (χ0) is 13.2. The molecule has 0 aliphatic carbocycles. The van der Waals surface area contributed by atoms with E-state index in [0.717, 1.165) is 22.0 Å². The summed E-state index contributed by atoms with van der Waals surface area (Å²) in [6, 6.07) is 17.4. The predicted molar refractivity (Wildman–Crippen MR) is 77.9 cm³/mol. The Morgan fingerprint density at radius 3 is 2.68 bits per heavy atom. The number of pyridine rings is 1. The van der Waals surface area contributed by atoms with Gasteiger partial charge in [-0.05, 0) is 34.7 Å². The van der Waals surface area contributed by atoms with Gasteiger partial charge in [0.05, 0.1) is 0 Å². The van der Waals surface area contributed by atoms with Gasteiger partial charge in [0.2, 0.25) is 0 Å². The lowest BCUT2D eigenvalue weighted by Crippen LogP contribution is -2.08. The molecule has 0 saturated heterocycles. The molecule has 0 fully saturated rings. The summed E-state index contributed by atoms with van der Waals surface area (Å²) in [6.07, 6.45) is 0. The van der Waals surface area contributed by atoms with Gasteiger partial charge < -0.3 is 10.7 Å². The number of benzene rings is 2. The molecule has 1 heterocycles.